The number of non-ortho nitro benzene ring substituents is 2. The van der Waals surface area contributed by atoms with E-state index < -0.39 is 37.5 Å². The van der Waals surface area contributed by atoms with E-state index in [1.54, 1.807) is 83.4 Å². The molecule has 0 saturated heterocycles. The summed E-state index contributed by atoms with van der Waals surface area (Å²) in [6, 6.07) is 19.8. The molecule has 4 aromatic rings. The number of nitro benzene ring substituents is 2. The number of carbonyl (C=O) groups excluding carboxylic acids is 11. The van der Waals surface area contributed by atoms with Crippen LogP contribution in [0, 0.1) is 20.2 Å². The zero-order valence-corrected chi connectivity index (χ0v) is 81.8. The number of aliphatic hydroxyl groups excluding tert-OH is 1. The van der Waals surface area contributed by atoms with Gasteiger partial charge < -0.3 is 66.5 Å². The van der Waals surface area contributed by atoms with Gasteiger partial charge >= 0.3 is 162 Å². The summed E-state index contributed by atoms with van der Waals surface area (Å²) in [5.74, 6) is -2.06. The average molecular weight is 1910 g/mol. The van der Waals surface area contributed by atoms with Gasteiger partial charge in [-0.1, -0.05) is 36.2 Å². The van der Waals surface area contributed by atoms with Crippen LogP contribution in [0.3, 0.4) is 0 Å². The number of carboxylic acids is 1. The maximum atomic E-state index is 12.9. The number of carboxylic acid groups (broad SMARTS) is 1. The number of halogens is 1. The topological polar surface area (TPSA) is 473 Å². The second-order valence-corrected chi connectivity index (χ2v) is 28.5. The number of benzene rings is 4. The number of Topliss-reactive ketones (excluding diaryl/α,β-unsaturated/α-hetero) is 2. The smallest absolute Gasteiger partial charge is 1.00 e. The van der Waals surface area contributed by atoms with E-state index in [0.29, 0.717) is 103 Å². The van der Waals surface area contributed by atoms with Gasteiger partial charge in [0.25, 0.3) is 23.8 Å². The Balaban J connectivity index is 0. The van der Waals surface area contributed by atoms with Gasteiger partial charge in [-0.15, -0.1) is 0 Å². The number of hydrogen-bond donors (Lipinski definition) is 5. The molecule has 0 spiro atoms. The molecule has 10 rings (SSSR count). The minimum Gasteiger partial charge on any atom is -1.00 e. The quantitative estimate of drug-likeness (QED) is 0.00580. The van der Waals surface area contributed by atoms with Crippen LogP contribution in [0.2, 0.25) is 0 Å². The summed E-state index contributed by atoms with van der Waals surface area (Å²) in [5, 5.41) is 53.7. The van der Waals surface area contributed by atoms with E-state index in [0.717, 1.165) is 86.3 Å². The zero-order valence-electron chi connectivity index (χ0n) is 68.7. The van der Waals surface area contributed by atoms with Gasteiger partial charge in [-0.25, -0.2) is 0 Å². The Hall–Kier alpha value is -6.93. The number of nitrogen functional groups attached to an aromatic ring is 1. The number of carbonyl (C=O) groups is 12. The molecule has 0 aromatic heterocycles. The summed E-state index contributed by atoms with van der Waals surface area (Å²) in [7, 11) is 0. The summed E-state index contributed by atoms with van der Waals surface area (Å²) < 4.78 is 19.3. The first-order valence-corrected chi connectivity index (χ1v) is 37.6. The van der Waals surface area contributed by atoms with Crippen molar-refractivity contribution in [3.8, 4) is 0 Å². The summed E-state index contributed by atoms with van der Waals surface area (Å²) in [6.07, 6.45) is 10.6. The molecule has 33 nitrogen and oxygen atoms in total. The number of ketones is 2. The average Bonchev–Trinajstić information content (AvgIpc) is 1.61. The number of amides is 4. The fourth-order valence-electron chi connectivity index (χ4n) is 12.2. The number of hydrazone groups is 1. The number of rotatable bonds is 20. The van der Waals surface area contributed by atoms with Crippen LogP contribution in [0.4, 0.5) is 45.5 Å². The summed E-state index contributed by atoms with van der Waals surface area (Å²) in [5.41, 5.74) is 14.5. The van der Waals surface area contributed by atoms with Gasteiger partial charge in [0.1, 0.15) is 5.71 Å². The standard InChI is InChI=1S/C22H29N3O4.C15H18N2O5.C15H20N2O3.C10H10N2O3.C8H12O2.C5H9BrO2.C2H4O2.CH2O3.CH4.2Cs.H/c1-4-29-20(27)12-13-25-18-11-10-15(14-16(18)22(2,3)21(25)28)23-24-17-8-6-5-7-9-19(17)26;1-4-22-13(18)7-8-16-12-6-5-10(17(20)21)9-11(12)15(2,3)14(16)19;1-4-20-13(18)7-8-17-12-6-5-10(16)9-11(12)15(2,3)14(17)19;1-10(2)7-5-6(12(14)15)3-4-8(7)11-9(10)13;9-6-7-4-2-1-3-5-8(7)10;1-2-8-5(7)3-4-6;1-2(3)4;2-1-4-3;;;;/h10-11,14,23H,4-9,12-13H2,1-3H3;5-6,9H,4,7-8H2,1-3H3;5-6,9H,4,7-8,16H2,1-3H3;3-5H,1-2H3,(H,11,13);6,9H,1-5H2;2-4H2,1H3;1H3,(H,3,4);1,3H;1H4;;;/q;;;;;;;;;2*+1;-1/p-1/b24-17+;;;;7-6-;;;;;;;. The van der Waals surface area contributed by atoms with E-state index in [2.05, 4.69) is 41.4 Å². The Labute approximate surface area is 798 Å². The van der Waals surface area contributed by atoms with E-state index >= 15 is 0 Å². The normalized spacial score (nSPS) is 16.2. The number of esters is 4. The molecule has 0 bridgehead atoms. The summed E-state index contributed by atoms with van der Waals surface area (Å²) in [6.45, 7) is 24.7. The Morgan fingerprint density at radius 2 is 0.939 bits per heavy atom. The van der Waals surface area contributed by atoms with E-state index in [9.17, 15) is 68.2 Å². The number of nitrogens with one attached hydrogen (secondary N) is 2. The third-order valence-electron chi connectivity index (χ3n) is 18.1. The van der Waals surface area contributed by atoms with Gasteiger partial charge in [0.15, 0.2) is 11.6 Å². The number of aliphatic hydroxyl groups is 1. The maximum absolute atomic E-state index is 12.9. The van der Waals surface area contributed by atoms with Crippen LogP contribution in [-0.4, -0.2) is 149 Å². The van der Waals surface area contributed by atoms with E-state index in [-0.39, 0.29) is 256 Å². The van der Waals surface area contributed by atoms with Crippen LogP contribution in [0.15, 0.2) is 89.7 Å². The van der Waals surface area contributed by atoms with Crippen molar-refractivity contribution < 1.29 is 246 Å². The fourth-order valence-corrected chi connectivity index (χ4v) is 12.5. The maximum Gasteiger partial charge on any atom is 1.00 e. The Kier molecular flexibility index (Phi) is 49.6. The number of nitrogens with zero attached hydrogens (tertiary/aromatic N) is 6. The zero-order chi connectivity index (χ0) is 84.4. The molecule has 4 heterocycles. The van der Waals surface area contributed by atoms with Crippen molar-refractivity contribution >= 4 is 139 Å². The van der Waals surface area contributed by atoms with Gasteiger partial charge in [-0.05, 0) is 192 Å². The fraction of sp³-hybridized carbons (Fsp3) is 0.506. The minimum atomic E-state index is -0.851. The van der Waals surface area contributed by atoms with Gasteiger partial charge in [0, 0.05) is 103 Å². The molecule has 36 heteroatoms. The van der Waals surface area contributed by atoms with Crippen LogP contribution >= 0.6 is 15.9 Å². The van der Waals surface area contributed by atoms with Crippen LogP contribution in [0.25, 0.3) is 0 Å². The molecule has 622 valence electrons. The Morgan fingerprint density at radius 1 is 0.574 bits per heavy atom. The monoisotopic (exact) mass is 1910 g/mol. The molecule has 0 unspecified atom stereocenters. The van der Waals surface area contributed by atoms with E-state index in [1.165, 1.54) is 29.2 Å². The second-order valence-electron chi connectivity index (χ2n) is 27.7. The summed E-state index contributed by atoms with van der Waals surface area (Å²) in [4.78, 5) is 163. The van der Waals surface area contributed by atoms with Gasteiger partial charge in [0.2, 0.25) is 23.6 Å². The SMILES string of the molecule is C.CC(=O)O.CC1(C)C(=O)Nc2ccc([N+](=O)[O-])cc21.CCOC(=O)CCBr.CCOC(=O)CCN1C(=O)C(C)(C)c2cc(N)ccc21.CCOC(=O)CCN1C(=O)C(C)(C)c2cc(N/N=C3\CCCCCC3=O)ccc21.CCOC(=O)CCN1C(=O)C(C)(C)c2cc([N+](=O)[O-])ccc21.O=C1CCCCC/C1=C/O.O=CO[O-].[Cs+].[Cs+].[H-]. The van der Waals surface area contributed by atoms with Crippen LogP contribution in [0.5, 0.6) is 0 Å². The van der Waals surface area contributed by atoms with Crippen molar-refractivity contribution in [3.05, 3.63) is 127 Å². The largest absolute Gasteiger partial charge is 1.00 e. The molecule has 6 N–H and O–H groups in total. The number of allylic oxidation sites excluding steroid dienone is 1. The first kappa shape index (κ1) is 108. The van der Waals surface area contributed by atoms with Crippen molar-refractivity contribution in [1.29, 1.82) is 0 Å². The number of fused-ring (bicyclic) bond motifs is 4. The minimum absolute atomic E-state index is 0. The third kappa shape index (κ3) is 32.4. The number of anilines is 6. The molecular weight excluding hydrogens is 1800 g/mol. The van der Waals surface area contributed by atoms with Gasteiger partial charge in [-0.2, -0.15) is 5.10 Å². The molecule has 4 aliphatic heterocycles. The van der Waals surface area contributed by atoms with Crippen LogP contribution in [-0.2, 0) is 103 Å². The molecule has 2 fully saturated rings. The molecule has 2 saturated carbocycles. The number of nitro groups is 2. The molecule has 4 aromatic carbocycles. The molecule has 115 heavy (non-hydrogen) atoms. The molecule has 2 aliphatic carbocycles. The molecule has 6 aliphatic rings. The molecule has 0 radical (unpaired) electrons. The first-order chi connectivity index (χ1) is 52.7. The van der Waals surface area contributed by atoms with Gasteiger partial charge in [0.05, 0.1) is 95.6 Å². The molecule has 0 atom stereocenters. The van der Waals surface area contributed by atoms with Crippen molar-refractivity contribution in [3.63, 3.8) is 0 Å². The number of alkyl halides is 1. The number of aliphatic carboxylic acids is 1. The van der Waals surface area contributed by atoms with Gasteiger partial charge in [-0.3, -0.25) is 83.2 Å². The summed E-state index contributed by atoms with van der Waals surface area (Å²) >= 11 is 3.12. The predicted molar refractivity (Wildman–Crippen MR) is 426 cm³/mol. The Morgan fingerprint density at radius 3 is 1.35 bits per heavy atom. The van der Waals surface area contributed by atoms with Crippen molar-refractivity contribution in [2.75, 3.05) is 82.6 Å². The van der Waals surface area contributed by atoms with Crippen LogP contribution in [0.1, 0.15) is 211 Å². The van der Waals surface area contributed by atoms with E-state index in [4.69, 9.17) is 45.0 Å². The Bertz CT molecular complexity index is 4130. The molecular formula is C79H108BrCs2N9O24. The number of ether oxygens (including phenoxy) is 4. The number of nitrogens with two attached hydrogens (primary N) is 1. The van der Waals surface area contributed by atoms with Crippen molar-refractivity contribution in [1.82, 2.24) is 0 Å². The predicted octanol–water partition coefficient (Wildman–Crippen LogP) is 5.99. The first-order valence-electron chi connectivity index (χ1n) is 36.5. The van der Waals surface area contributed by atoms with Crippen LogP contribution < -0.4 is 174 Å². The third-order valence-corrected chi connectivity index (χ3v) is 18.5. The number of hydrogen-bond acceptors (Lipinski definition) is 26. The van der Waals surface area contributed by atoms with E-state index in [1.807, 2.05) is 58.0 Å². The van der Waals surface area contributed by atoms with Crippen molar-refractivity contribution in [2.24, 2.45) is 5.10 Å². The van der Waals surface area contributed by atoms with Crippen molar-refractivity contribution in [2.45, 2.75) is 209 Å². The second kappa shape index (κ2) is 52.8. The molecule has 4 amide bonds.